The minimum atomic E-state index is -0.367. The van der Waals surface area contributed by atoms with Crippen molar-refractivity contribution in [3.8, 4) is 11.4 Å². The molecule has 0 radical (unpaired) electrons. The zero-order valence-corrected chi connectivity index (χ0v) is 20.5. The Labute approximate surface area is 196 Å². The summed E-state index contributed by atoms with van der Waals surface area (Å²) in [5.74, 6) is 1.78. The second-order valence-corrected chi connectivity index (χ2v) is 9.03. The van der Waals surface area contributed by atoms with E-state index in [2.05, 4.69) is 20.2 Å². The van der Waals surface area contributed by atoms with Crippen LogP contribution in [0.3, 0.4) is 0 Å². The summed E-state index contributed by atoms with van der Waals surface area (Å²) in [7, 11) is 1.40. The van der Waals surface area contributed by atoms with Gasteiger partial charge in [0.15, 0.2) is 10.3 Å². The van der Waals surface area contributed by atoms with Gasteiger partial charge in [-0.25, -0.2) is 9.97 Å². The molecular formula is C22H27N5O3S2. The number of aromatic nitrogens is 5. The fraction of sp³-hybridized carbons (Fsp3) is 0.409. The van der Waals surface area contributed by atoms with Crippen molar-refractivity contribution in [2.45, 2.75) is 55.4 Å². The van der Waals surface area contributed by atoms with E-state index in [1.165, 1.54) is 30.6 Å². The number of carbonyl (C=O) groups excluding carboxylic acids is 1. The number of thioether (sulfide) groups is 2. The SMILES string of the molecule is CCOc1ccc(-n2c(CSc3nc(C)cc(C)n3)nnc2S[C@H](CC)C(=O)OC)cc1. The zero-order valence-electron chi connectivity index (χ0n) is 18.9. The number of esters is 1. The molecule has 10 heteroatoms. The smallest absolute Gasteiger partial charge is 0.319 e. The van der Waals surface area contributed by atoms with Crippen LogP contribution in [0.1, 0.15) is 37.5 Å². The molecule has 8 nitrogen and oxygen atoms in total. The maximum atomic E-state index is 12.2. The number of methoxy groups -OCH3 is 1. The van der Waals surface area contributed by atoms with Crippen molar-refractivity contribution < 1.29 is 14.3 Å². The molecule has 2 aromatic heterocycles. The van der Waals surface area contributed by atoms with Crippen molar-refractivity contribution in [3.63, 3.8) is 0 Å². The Bertz CT molecular complexity index is 1040. The summed E-state index contributed by atoms with van der Waals surface area (Å²) < 4.78 is 12.5. The summed E-state index contributed by atoms with van der Waals surface area (Å²) in [5.41, 5.74) is 2.73. The van der Waals surface area contributed by atoms with E-state index in [4.69, 9.17) is 9.47 Å². The Balaban J connectivity index is 1.93. The van der Waals surface area contributed by atoms with Crippen molar-refractivity contribution in [1.29, 1.82) is 0 Å². The molecule has 32 heavy (non-hydrogen) atoms. The first-order valence-electron chi connectivity index (χ1n) is 10.3. The lowest BCUT2D eigenvalue weighted by atomic mass is 10.3. The third kappa shape index (κ3) is 6.01. The van der Waals surface area contributed by atoms with Gasteiger partial charge in [0.25, 0.3) is 0 Å². The molecule has 0 spiro atoms. The predicted octanol–water partition coefficient (Wildman–Crippen LogP) is 4.41. The average Bonchev–Trinajstić information content (AvgIpc) is 3.18. The van der Waals surface area contributed by atoms with E-state index in [9.17, 15) is 4.79 Å². The van der Waals surface area contributed by atoms with E-state index in [-0.39, 0.29) is 11.2 Å². The van der Waals surface area contributed by atoms with Crippen molar-refractivity contribution in [2.75, 3.05) is 13.7 Å². The molecule has 0 unspecified atom stereocenters. The molecule has 1 atom stereocenters. The molecule has 0 amide bonds. The summed E-state index contributed by atoms with van der Waals surface area (Å²) in [6, 6.07) is 9.68. The fourth-order valence-electron chi connectivity index (χ4n) is 3.03. The van der Waals surface area contributed by atoms with Crippen LogP contribution in [-0.4, -0.2) is 49.7 Å². The monoisotopic (exact) mass is 473 g/mol. The van der Waals surface area contributed by atoms with Gasteiger partial charge in [-0.3, -0.25) is 9.36 Å². The fourth-order valence-corrected chi connectivity index (χ4v) is 4.91. The quantitative estimate of drug-likeness (QED) is 0.241. The average molecular weight is 474 g/mol. The number of nitrogens with zero attached hydrogens (tertiary/aromatic N) is 5. The lowest BCUT2D eigenvalue weighted by Gasteiger charge is -2.14. The van der Waals surface area contributed by atoms with Crippen LogP contribution in [0.4, 0.5) is 0 Å². The number of benzene rings is 1. The van der Waals surface area contributed by atoms with Crippen LogP contribution in [0.25, 0.3) is 5.69 Å². The zero-order chi connectivity index (χ0) is 23.1. The lowest BCUT2D eigenvalue weighted by molar-refractivity contribution is -0.140. The van der Waals surface area contributed by atoms with Gasteiger partial charge in [-0.05, 0) is 57.5 Å². The highest BCUT2D eigenvalue weighted by Crippen LogP contribution is 2.30. The Kier molecular flexibility index (Phi) is 8.52. The van der Waals surface area contributed by atoms with Gasteiger partial charge in [0.2, 0.25) is 0 Å². The van der Waals surface area contributed by atoms with E-state index in [1.54, 1.807) is 0 Å². The predicted molar refractivity (Wildman–Crippen MR) is 126 cm³/mol. The Morgan fingerprint density at radius 2 is 1.78 bits per heavy atom. The summed E-state index contributed by atoms with van der Waals surface area (Å²) in [5, 5.41) is 9.76. The number of hydrogen-bond donors (Lipinski definition) is 0. The molecule has 0 saturated carbocycles. The van der Waals surface area contributed by atoms with Crippen LogP contribution >= 0.6 is 23.5 Å². The van der Waals surface area contributed by atoms with E-state index in [0.29, 0.717) is 29.1 Å². The van der Waals surface area contributed by atoms with E-state index in [0.717, 1.165) is 28.6 Å². The molecule has 170 valence electrons. The van der Waals surface area contributed by atoms with Crippen LogP contribution in [0.15, 0.2) is 40.6 Å². The molecular weight excluding hydrogens is 446 g/mol. The summed E-state index contributed by atoms with van der Waals surface area (Å²) in [6.07, 6.45) is 0.619. The van der Waals surface area contributed by atoms with Crippen LogP contribution in [-0.2, 0) is 15.3 Å². The number of hydrogen-bond acceptors (Lipinski definition) is 9. The van der Waals surface area contributed by atoms with Gasteiger partial charge < -0.3 is 9.47 Å². The van der Waals surface area contributed by atoms with E-state index >= 15 is 0 Å². The van der Waals surface area contributed by atoms with Crippen molar-refractivity contribution in [1.82, 2.24) is 24.7 Å². The maximum Gasteiger partial charge on any atom is 0.319 e. The molecule has 1 aromatic carbocycles. The van der Waals surface area contributed by atoms with Gasteiger partial charge in [-0.15, -0.1) is 10.2 Å². The summed E-state index contributed by atoms with van der Waals surface area (Å²) in [4.78, 5) is 21.2. The second-order valence-electron chi connectivity index (χ2n) is 6.92. The molecule has 0 saturated heterocycles. The Hall–Kier alpha value is -2.59. The number of carbonyl (C=O) groups is 1. The minimum absolute atomic E-state index is 0.279. The number of aryl methyl sites for hydroxylation is 2. The van der Waals surface area contributed by atoms with Crippen LogP contribution in [0.5, 0.6) is 5.75 Å². The Morgan fingerprint density at radius 1 is 1.09 bits per heavy atom. The van der Waals surface area contributed by atoms with E-state index < -0.39 is 0 Å². The maximum absolute atomic E-state index is 12.2. The molecule has 0 aliphatic heterocycles. The summed E-state index contributed by atoms with van der Waals surface area (Å²) in [6.45, 7) is 8.40. The third-order valence-corrected chi connectivity index (χ3v) is 6.61. The standard InChI is InChI=1S/C22H27N5O3S2/c1-6-18(20(28)29-5)32-22-26-25-19(13-31-21-23-14(3)12-15(4)24-21)27(22)16-8-10-17(11-9-16)30-7-2/h8-12,18H,6-7,13H2,1-5H3/t18-/m1/s1. The first kappa shape index (κ1) is 24.1. The van der Waals surface area contributed by atoms with Gasteiger partial charge in [0.1, 0.15) is 16.8 Å². The van der Waals surface area contributed by atoms with Gasteiger partial charge in [0, 0.05) is 17.1 Å². The van der Waals surface area contributed by atoms with Crippen LogP contribution < -0.4 is 4.74 Å². The molecule has 0 aliphatic rings. The van der Waals surface area contributed by atoms with Gasteiger partial charge in [-0.1, -0.05) is 30.4 Å². The molecule has 0 aliphatic carbocycles. The number of ether oxygens (including phenoxy) is 2. The van der Waals surface area contributed by atoms with Gasteiger partial charge >= 0.3 is 5.97 Å². The topological polar surface area (TPSA) is 92.0 Å². The molecule has 0 fully saturated rings. The largest absolute Gasteiger partial charge is 0.494 e. The molecule has 0 N–H and O–H groups in total. The number of rotatable bonds is 10. The molecule has 3 rings (SSSR count). The molecule has 3 aromatic rings. The first-order valence-corrected chi connectivity index (χ1v) is 12.2. The molecule has 0 bridgehead atoms. The van der Waals surface area contributed by atoms with Crippen LogP contribution in [0, 0.1) is 13.8 Å². The van der Waals surface area contributed by atoms with Crippen LogP contribution in [0.2, 0.25) is 0 Å². The van der Waals surface area contributed by atoms with Gasteiger partial charge in [0.05, 0.1) is 19.5 Å². The molecule has 2 heterocycles. The minimum Gasteiger partial charge on any atom is -0.494 e. The van der Waals surface area contributed by atoms with Gasteiger partial charge in [-0.2, -0.15) is 0 Å². The summed E-state index contributed by atoms with van der Waals surface area (Å²) >= 11 is 2.85. The van der Waals surface area contributed by atoms with E-state index in [1.807, 2.05) is 62.6 Å². The first-order chi connectivity index (χ1) is 15.4. The lowest BCUT2D eigenvalue weighted by Crippen LogP contribution is -2.18. The highest BCUT2D eigenvalue weighted by atomic mass is 32.2. The highest BCUT2D eigenvalue weighted by Gasteiger charge is 2.24. The van der Waals surface area contributed by atoms with Crippen molar-refractivity contribution in [3.05, 3.63) is 47.5 Å². The normalized spacial score (nSPS) is 11.9. The van der Waals surface area contributed by atoms with Crippen molar-refractivity contribution >= 4 is 29.5 Å². The second kappa shape index (κ2) is 11.3. The van der Waals surface area contributed by atoms with Crippen molar-refractivity contribution in [2.24, 2.45) is 0 Å². The Morgan fingerprint density at radius 3 is 2.38 bits per heavy atom. The third-order valence-electron chi connectivity index (χ3n) is 4.48. The highest BCUT2D eigenvalue weighted by molar-refractivity contribution is 8.00.